The van der Waals surface area contributed by atoms with Crippen molar-refractivity contribution in [3.8, 4) is 0 Å². The van der Waals surface area contributed by atoms with Crippen LogP contribution in [0.5, 0.6) is 0 Å². The van der Waals surface area contributed by atoms with Crippen molar-refractivity contribution < 1.29 is 4.79 Å². The van der Waals surface area contributed by atoms with Crippen molar-refractivity contribution in [1.29, 1.82) is 0 Å². The summed E-state index contributed by atoms with van der Waals surface area (Å²) < 4.78 is 0. The molecule has 0 aliphatic heterocycles. The minimum atomic E-state index is -0.0718. The van der Waals surface area contributed by atoms with E-state index in [2.05, 4.69) is 34.7 Å². The number of hydrogen-bond acceptors (Lipinski definition) is 5. The third kappa shape index (κ3) is 4.79. The van der Waals surface area contributed by atoms with Crippen molar-refractivity contribution in [3.05, 3.63) is 5.01 Å². The van der Waals surface area contributed by atoms with E-state index in [1.807, 2.05) is 14.0 Å². The molecule has 1 unspecified atom stereocenters. The minimum Gasteiger partial charge on any atom is -0.319 e. The molecule has 0 bridgehead atoms. The standard InChI is InChI=1S/C11H20N4OS/c1-7(2)5-9-14-15-11(17-9)13-10(16)8(3)6-12-4/h7-8,12H,5-6H2,1-4H3,(H,13,15,16). The zero-order chi connectivity index (χ0) is 12.8. The van der Waals surface area contributed by atoms with Crippen LogP contribution in [0.1, 0.15) is 25.8 Å². The largest absolute Gasteiger partial charge is 0.319 e. The van der Waals surface area contributed by atoms with Crippen molar-refractivity contribution in [3.63, 3.8) is 0 Å². The summed E-state index contributed by atoms with van der Waals surface area (Å²) >= 11 is 1.45. The van der Waals surface area contributed by atoms with Gasteiger partial charge in [0.25, 0.3) is 0 Å². The van der Waals surface area contributed by atoms with Crippen molar-refractivity contribution >= 4 is 22.4 Å². The summed E-state index contributed by atoms with van der Waals surface area (Å²) in [6.07, 6.45) is 0.902. The van der Waals surface area contributed by atoms with Crippen molar-refractivity contribution in [1.82, 2.24) is 15.5 Å². The van der Waals surface area contributed by atoms with Crippen LogP contribution >= 0.6 is 11.3 Å². The first kappa shape index (κ1) is 14.1. The van der Waals surface area contributed by atoms with Crippen LogP contribution in [0.3, 0.4) is 0 Å². The molecule has 2 N–H and O–H groups in total. The van der Waals surface area contributed by atoms with E-state index in [9.17, 15) is 4.79 Å². The molecule has 0 radical (unpaired) electrons. The zero-order valence-electron chi connectivity index (χ0n) is 10.8. The first-order chi connectivity index (χ1) is 8.02. The van der Waals surface area contributed by atoms with Gasteiger partial charge in [-0.3, -0.25) is 4.79 Å². The van der Waals surface area contributed by atoms with E-state index in [-0.39, 0.29) is 11.8 Å². The summed E-state index contributed by atoms with van der Waals surface area (Å²) in [5, 5.41) is 15.3. The van der Waals surface area contributed by atoms with Gasteiger partial charge in [-0.15, -0.1) is 10.2 Å². The lowest BCUT2D eigenvalue weighted by Crippen LogP contribution is -2.28. The Morgan fingerprint density at radius 1 is 1.35 bits per heavy atom. The van der Waals surface area contributed by atoms with Gasteiger partial charge < -0.3 is 10.6 Å². The number of carbonyl (C=O) groups excluding carboxylic acids is 1. The molecule has 5 nitrogen and oxygen atoms in total. The molecule has 1 aromatic rings. The molecule has 1 amide bonds. The molecule has 0 spiro atoms. The maximum atomic E-state index is 11.7. The Morgan fingerprint density at radius 2 is 2.06 bits per heavy atom. The molecule has 0 saturated carbocycles. The Kier molecular flexibility index (Phi) is 5.50. The predicted octanol–water partition coefficient (Wildman–Crippen LogP) is 1.53. The molecule has 6 heteroatoms. The lowest BCUT2D eigenvalue weighted by molar-refractivity contribution is -0.119. The smallest absolute Gasteiger partial charge is 0.230 e. The summed E-state index contributed by atoms with van der Waals surface area (Å²) in [6.45, 7) is 6.80. The SMILES string of the molecule is CNCC(C)C(=O)Nc1nnc(CC(C)C)s1. The van der Waals surface area contributed by atoms with E-state index in [0.717, 1.165) is 11.4 Å². The average molecular weight is 256 g/mol. The fourth-order valence-electron chi connectivity index (χ4n) is 1.36. The van der Waals surface area contributed by atoms with Gasteiger partial charge in [-0.05, 0) is 13.0 Å². The molecule has 96 valence electrons. The molecular weight excluding hydrogens is 236 g/mol. The second kappa shape index (κ2) is 6.66. The quantitative estimate of drug-likeness (QED) is 0.810. The Hall–Kier alpha value is -1.01. The summed E-state index contributed by atoms with van der Waals surface area (Å²) in [5.74, 6) is 0.457. The van der Waals surface area contributed by atoms with Gasteiger partial charge in [0.15, 0.2) is 0 Å². The van der Waals surface area contributed by atoms with Crippen molar-refractivity contribution in [2.75, 3.05) is 18.9 Å². The Morgan fingerprint density at radius 3 is 2.65 bits per heavy atom. The predicted molar refractivity (Wildman–Crippen MR) is 70.2 cm³/mol. The molecule has 0 saturated heterocycles. The van der Waals surface area contributed by atoms with Crippen LogP contribution in [0.2, 0.25) is 0 Å². The minimum absolute atomic E-state index is 0.0217. The van der Waals surface area contributed by atoms with Gasteiger partial charge >= 0.3 is 0 Å². The molecule has 1 aromatic heterocycles. The first-order valence-corrected chi connectivity index (χ1v) is 6.62. The van der Waals surface area contributed by atoms with E-state index >= 15 is 0 Å². The topological polar surface area (TPSA) is 66.9 Å². The molecule has 1 heterocycles. The third-order valence-electron chi connectivity index (χ3n) is 2.24. The van der Waals surface area contributed by atoms with Crippen LogP contribution in [0.4, 0.5) is 5.13 Å². The van der Waals surface area contributed by atoms with Gasteiger partial charge in [0.2, 0.25) is 11.0 Å². The van der Waals surface area contributed by atoms with Crippen LogP contribution in [0.15, 0.2) is 0 Å². The summed E-state index contributed by atoms with van der Waals surface area (Å²) in [6, 6.07) is 0. The summed E-state index contributed by atoms with van der Waals surface area (Å²) in [4.78, 5) is 11.7. The number of amides is 1. The highest BCUT2D eigenvalue weighted by molar-refractivity contribution is 7.15. The molecular formula is C11H20N4OS. The normalized spacial score (nSPS) is 12.8. The highest BCUT2D eigenvalue weighted by Gasteiger charge is 2.14. The zero-order valence-corrected chi connectivity index (χ0v) is 11.6. The van der Waals surface area contributed by atoms with Crippen LogP contribution < -0.4 is 10.6 Å². The average Bonchev–Trinajstić information content (AvgIpc) is 2.64. The maximum absolute atomic E-state index is 11.7. The van der Waals surface area contributed by atoms with Gasteiger partial charge in [0.05, 0.1) is 0 Å². The second-order valence-corrected chi connectivity index (χ2v) is 5.61. The number of nitrogens with zero attached hydrogens (tertiary/aromatic N) is 2. The molecule has 17 heavy (non-hydrogen) atoms. The van der Waals surface area contributed by atoms with Crippen molar-refractivity contribution in [2.24, 2.45) is 11.8 Å². The summed E-state index contributed by atoms with van der Waals surface area (Å²) in [7, 11) is 1.83. The van der Waals surface area contributed by atoms with Crippen LogP contribution in [-0.4, -0.2) is 29.7 Å². The van der Waals surface area contributed by atoms with Crippen LogP contribution in [0.25, 0.3) is 0 Å². The number of hydrogen-bond donors (Lipinski definition) is 2. The van der Waals surface area contributed by atoms with E-state index < -0.39 is 0 Å². The lowest BCUT2D eigenvalue weighted by Gasteiger charge is -2.08. The Balaban J connectivity index is 2.51. The van der Waals surface area contributed by atoms with E-state index in [0.29, 0.717) is 17.6 Å². The monoisotopic (exact) mass is 256 g/mol. The molecule has 0 aliphatic rings. The lowest BCUT2D eigenvalue weighted by atomic mass is 10.1. The molecule has 1 rings (SSSR count). The van der Waals surface area contributed by atoms with E-state index in [4.69, 9.17) is 0 Å². The Labute approximate surface area is 106 Å². The van der Waals surface area contributed by atoms with Gasteiger partial charge in [0, 0.05) is 18.9 Å². The highest BCUT2D eigenvalue weighted by atomic mass is 32.1. The number of nitrogens with one attached hydrogen (secondary N) is 2. The van der Waals surface area contributed by atoms with Gasteiger partial charge in [-0.25, -0.2) is 0 Å². The van der Waals surface area contributed by atoms with Crippen LogP contribution in [-0.2, 0) is 11.2 Å². The molecule has 0 aromatic carbocycles. The Bertz CT molecular complexity index is 364. The van der Waals surface area contributed by atoms with Gasteiger partial charge in [-0.2, -0.15) is 0 Å². The first-order valence-electron chi connectivity index (χ1n) is 5.80. The van der Waals surface area contributed by atoms with E-state index in [1.54, 1.807) is 0 Å². The van der Waals surface area contributed by atoms with Crippen molar-refractivity contribution in [2.45, 2.75) is 27.2 Å². The maximum Gasteiger partial charge on any atom is 0.230 e. The van der Waals surface area contributed by atoms with Gasteiger partial charge in [-0.1, -0.05) is 32.1 Å². The number of carbonyl (C=O) groups is 1. The second-order valence-electron chi connectivity index (χ2n) is 4.55. The third-order valence-corrected chi connectivity index (χ3v) is 3.10. The molecule has 0 fully saturated rings. The molecule has 1 atom stereocenters. The fraction of sp³-hybridized carbons (Fsp3) is 0.727. The van der Waals surface area contributed by atoms with E-state index in [1.165, 1.54) is 11.3 Å². The highest BCUT2D eigenvalue weighted by Crippen LogP contribution is 2.18. The summed E-state index contributed by atoms with van der Waals surface area (Å²) in [5.41, 5.74) is 0. The van der Waals surface area contributed by atoms with Crippen LogP contribution in [0, 0.1) is 11.8 Å². The van der Waals surface area contributed by atoms with Gasteiger partial charge in [0.1, 0.15) is 5.01 Å². The number of rotatable bonds is 6. The number of anilines is 1. The molecule has 0 aliphatic carbocycles. The fourth-order valence-corrected chi connectivity index (χ4v) is 2.32. The number of aromatic nitrogens is 2.